The topological polar surface area (TPSA) is 33.1 Å². The molecule has 0 spiro atoms. The molecule has 1 unspecified atom stereocenters. The summed E-state index contributed by atoms with van der Waals surface area (Å²) in [5.41, 5.74) is 0. The lowest BCUT2D eigenvalue weighted by Crippen LogP contribution is -2.39. The Hall–Kier alpha value is -0.870. The molecule has 1 aromatic rings. The first kappa shape index (κ1) is 11.6. The molecular formula is C12H22N4. The number of hydrogen-bond acceptors (Lipinski definition) is 3. The standard InChI is InChI=1S/C12H22N4/c1-13-8-11-4-3-6-16(9-11)10-12-14-5-7-15(12)2/h5,7,11,13H,3-4,6,8-10H2,1-2H3. The van der Waals surface area contributed by atoms with Crippen LogP contribution >= 0.6 is 0 Å². The first-order valence-corrected chi connectivity index (χ1v) is 6.12. The normalized spacial score (nSPS) is 22.5. The van der Waals surface area contributed by atoms with Gasteiger partial charge in [-0.1, -0.05) is 0 Å². The molecule has 4 nitrogen and oxygen atoms in total. The summed E-state index contributed by atoms with van der Waals surface area (Å²) in [6, 6.07) is 0. The van der Waals surface area contributed by atoms with E-state index in [9.17, 15) is 0 Å². The Kier molecular flexibility index (Phi) is 3.96. The van der Waals surface area contributed by atoms with Crippen molar-refractivity contribution in [2.24, 2.45) is 13.0 Å². The minimum Gasteiger partial charge on any atom is -0.337 e. The quantitative estimate of drug-likeness (QED) is 0.820. The molecule has 2 rings (SSSR count). The maximum absolute atomic E-state index is 4.39. The molecule has 1 aromatic heterocycles. The first-order valence-electron chi connectivity index (χ1n) is 6.12. The summed E-state index contributed by atoms with van der Waals surface area (Å²) in [4.78, 5) is 6.91. The Morgan fingerprint density at radius 1 is 1.56 bits per heavy atom. The van der Waals surface area contributed by atoms with Crippen LogP contribution in [0.25, 0.3) is 0 Å². The van der Waals surface area contributed by atoms with E-state index in [1.165, 1.54) is 31.8 Å². The van der Waals surface area contributed by atoms with Crippen LogP contribution in [-0.4, -0.2) is 41.1 Å². The Balaban J connectivity index is 1.88. The molecule has 1 aliphatic heterocycles. The van der Waals surface area contributed by atoms with Crippen molar-refractivity contribution in [1.29, 1.82) is 0 Å². The van der Waals surface area contributed by atoms with Gasteiger partial charge in [-0.15, -0.1) is 0 Å². The fourth-order valence-corrected chi connectivity index (χ4v) is 2.50. The molecular weight excluding hydrogens is 200 g/mol. The smallest absolute Gasteiger partial charge is 0.122 e. The van der Waals surface area contributed by atoms with Gasteiger partial charge in [-0.05, 0) is 38.9 Å². The van der Waals surface area contributed by atoms with Crippen molar-refractivity contribution in [2.45, 2.75) is 19.4 Å². The van der Waals surface area contributed by atoms with Gasteiger partial charge in [0.15, 0.2) is 0 Å². The average Bonchev–Trinajstić information content (AvgIpc) is 2.66. The van der Waals surface area contributed by atoms with Gasteiger partial charge >= 0.3 is 0 Å². The predicted molar refractivity (Wildman–Crippen MR) is 65.1 cm³/mol. The molecule has 1 N–H and O–H groups in total. The predicted octanol–water partition coefficient (Wildman–Crippen LogP) is 0.851. The summed E-state index contributed by atoms with van der Waals surface area (Å²) < 4.78 is 2.11. The second-order valence-corrected chi connectivity index (χ2v) is 4.76. The van der Waals surface area contributed by atoms with Gasteiger partial charge in [-0.3, -0.25) is 4.90 Å². The highest BCUT2D eigenvalue weighted by Crippen LogP contribution is 2.17. The zero-order valence-electron chi connectivity index (χ0n) is 10.3. The van der Waals surface area contributed by atoms with Gasteiger partial charge < -0.3 is 9.88 Å². The molecule has 0 saturated carbocycles. The maximum Gasteiger partial charge on any atom is 0.122 e. The zero-order valence-corrected chi connectivity index (χ0v) is 10.3. The molecule has 0 aliphatic carbocycles. The largest absolute Gasteiger partial charge is 0.337 e. The van der Waals surface area contributed by atoms with Crippen LogP contribution < -0.4 is 5.32 Å². The van der Waals surface area contributed by atoms with Gasteiger partial charge in [0.05, 0.1) is 6.54 Å². The third-order valence-electron chi connectivity index (χ3n) is 3.38. The molecule has 1 fully saturated rings. The summed E-state index contributed by atoms with van der Waals surface area (Å²) in [6.45, 7) is 4.54. The first-order chi connectivity index (χ1) is 7.79. The highest BCUT2D eigenvalue weighted by molar-refractivity contribution is 4.91. The molecule has 0 amide bonds. The van der Waals surface area contributed by atoms with Crippen molar-refractivity contribution < 1.29 is 0 Å². The van der Waals surface area contributed by atoms with E-state index in [-0.39, 0.29) is 0 Å². The number of aryl methyl sites for hydroxylation is 1. The monoisotopic (exact) mass is 222 g/mol. The molecule has 4 heteroatoms. The van der Waals surface area contributed by atoms with Crippen molar-refractivity contribution in [3.8, 4) is 0 Å². The highest BCUT2D eigenvalue weighted by atomic mass is 15.2. The van der Waals surface area contributed by atoms with Crippen LogP contribution in [0, 0.1) is 5.92 Å². The SMILES string of the molecule is CNCC1CCCN(Cc2nccn2C)C1. The molecule has 1 aliphatic rings. The molecule has 0 aromatic carbocycles. The van der Waals surface area contributed by atoms with Gasteiger partial charge in [0.1, 0.15) is 5.82 Å². The van der Waals surface area contributed by atoms with E-state index < -0.39 is 0 Å². The van der Waals surface area contributed by atoms with E-state index >= 15 is 0 Å². The fraction of sp³-hybridized carbons (Fsp3) is 0.750. The summed E-state index contributed by atoms with van der Waals surface area (Å²) in [5, 5.41) is 3.28. The molecule has 16 heavy (non-hydrogen) atoms. The number of likely N-dealkylation sites (tertiary alicyclic amines) is 1. The Labute approximate surface area is 97.7 Å². The van der Waals surface area contributed by atoms with Crippen LogP contribution in [0.5, 0.6) is 0 Å². The second-order valence-electron chi connectivity index (χ2n) is 4.76. The number of imidazole rings is 1. The minimum atomic E-state index is 0.805. The van der Waals surface area contributed by atoms with Gasteiger partial charge in [0.25, 0.3) is 0 Å². The molecule has 90 valence electrons. The van der Waals surface area contributed by atoms with Crippen molar-refractivity contribution in [3.63, 3.8) is 0 Å². The van der Waals surface area contributed by atoms with E-state index in [4.69, 9.17) is 0 Å². The molecule has 1 saturated heterocycles. The Morgan fingerprint density at radius 3 is 3.12 bits per heavy atom. The van der Waals surface area contributed by atoms with Crippen LogP contribution in [0.4, 0.5) is 0 Å². The summed E-state index contributed by atoms with van der Waals surface area (Å²) in [5.74, 6) is 1.98. The fourth-order valence-electron chi connectivity index (χ4n) is 2.50. The Morgan fingerprint density at radius 2 is 2.44 bits per heavy atom. The van der Waals surface area contributed by atoms with Crippen LogP contribution in [0.15, 0.2) is 12.4 Å². The number of hydrogen-bond donors (Lipinski definition) is 1. The number of aromatic nitrogens is 2. The molecule has 1 atom stereocenters. The third-order valence-corrected chi connectivity index (χ3v) is 3.38. The number of rotatable bonds is 4. The third kappa shape index (κ3) is 2.83. The summed E-state index contributed by atoms with van der Waals surface area (Å²) in [6.07, 6.45) is 6.57. The van der Waals surface area contributed by atoms with E-state index in [1.807, 2.05) is 19.4 Å². The minimum absolute atomic E-state index is 0.805. The molecule has 0 radical (unpaired) electrons. The Bertz CT molecular complexity index is 319. The van der Waals surface area contributed by atoms with E-state index in [1.54, 1.807) is 0 Å². The summed E-state index contributed by atoms with van der Waals surface area (Å²) >= 11 is 0. The van der Waals surface area contributed by atoms with Crippen molar-refractivity contribution >= 4 is 0 Å². The lowest BCUT2D eigenvalue weighted by Gasteiger charge is -2.32. The lowest BCUT2D eigenvalue weighted by atomic mass is 9.98. The number of nitrogens with one attached hydrogen (secondary N) is 1. The van der Waals surface area contributed by atoms with Crippen molar-refractivity contribution in [2.75, 3.05) is 26.7 Å². The van der Waals surface area contributed by atoms with E-state index in [0.29, 0.717) is 0 Å². The van der Waals surface area contributed by atoms with Crippen LogP contribution in [0.2, 0.25) is 0 Å². The van der Waals surface area contributed by atoms with Gasteiger partial charge in [-0.2, -0.15) is 0 Å². The maximum atomic E-state index is 4.39. The second kappa shape index (κ2) is 5.46. The van der Waals surface area contributed by atoms with Crippen molar-refractivity contribution in [1.82, 2.24) is 19.8 Å². The van der Waals surface area contributed by atoms with Crippen LogP contribution in [0.1, 0.15) is 18.7 Å². The van der Waals surface area contributed by atoms with Gasteiger partial charge in [-0.25, -0.2) is 4.98 Å². The van der Waals surface area contributed by atoms with E-state index in [2.05, 4.69) is 26.8 Å². The average molecular weight is 222 g/mol. The zero-order chi connectivity index (χ0) is 11.4. The lowest BCUT2D eigenvalue weighted by molar-refractivity contribution is 0.162. The number of nitrogens with zero attached hydrogens (tertiary/aromatic N) is 3. The summed E-state index contributed by atoms with van der Waals surface area (Å²) in [7, 11) is 4.11. The molecule has 0 bridgehead atoms. The highest BCUT2D eigenvalue weighted by Gasteiger charge is 2.20. The van der Waals surface area contributed by atoms with E-state index in [0.717, 1.165) is 19.0 Å². The van der Waals surface area contributed by atoms with Gasteiger partial charge in [0, 0.05) is 26.0 Å². The van der Waals surface area contributed by atoms with Gasteiger partial charge in [0.2, 0.25) is 0 Å². The molecule has 2 heterocycles. The van der Waals surface area contributed by atoms with Crippen LogP contribution in [-0.2, 0) is 13.6 Å². The van der Waals surface area contributed by atoms with Crippen LogP contribution in [0.3, 0.4) is 0 Å². The number of piperidine rings is 1. The van der Waals surface area contributed by atoms with Crippen molar-refractivity contribution in [3.05, 3.63) is 18.2 Å².